The van der Waals surface area contributed by atoms with E-state index in [1.54, 1.807) is 0 Å². The van der Waals surface area contributed by atoms with Gasteiger partial charge in [-0.25, -0.2) is 0 Å². The third-order valence-electron chi connectivity index (χ3n) is 12.2. The van der Waals surface area contributed by atoms with Crippen molar-refractivity contribution < 1.29 is 13.2 Å². The van der Waals surface area contributed by atoms with E-state index in [0.717, 1.165) is 89.4 Å². The lowest BCUT2D eigenvalue weighted by Crippen LogP contribution is -2.05. The van der Waals surface area contributed by atoms with Crippen LogP contribution in [-0.2, 0) is 6.18 Å². The Bertz CT molecular complexity index is 3730. The molecule has 64 heavy (non-hydrogen) atoms. The summed E-state index contributed by atoms with van der Waals surface area (Å²) in [4.78, 5) is 0. The molecule has 2 heterocycles. The van der Waals surface area contributed by atoms with Gasteiger partial charge in [-0.05, 0) is 112 Å². The van der Waals surface area contributed by atoms with Crippen molar-refractivity contribution in [2.24, 2.45) is 0 Å². The molecule has 0 saturated carbocycles. The average Bonchev–Trinajstić information content (AvgIpc) is 3.86. The van der Waals surface area contributed by atoms with E-state index in [2.05, 4.69) is 100 Å². The molecule has 0 amide bonds. The molecule has 302 valence electrons. The highest BCUT2D eigenvalue weighted by atomic mass is 19.4. The molecular weight excluding hydrogens is 798 g/mol. The number of rotatable bonds is 6. The summed E-state index contributed by atoms with van der Waals surface area (Å²) >= 11 is 0. The van der Waals surface area contributed by atoms with E-state index in [0.29, 0.717) is 27.8 Å². The predicted octanol–water partition coefficient (Wildman–Crippen LogP) is 15.3. The van der Waals surface area contributed by atoms with E-state index in [9.17, 15) is 23.7 Å². The van der Waals surface area contributed by atoms with Crippen LogP contribution in [0, 0.1) is 22.7 Å². The second kappa shape index (κ2) is 15.1. The second-order valence-electron chi connectivity index (χ2n) is 15.8. The number of alkyl halides is 3. The van der Waals surface area contributed by atoms with E-state index < -0.39 is 11.7 Å². The van der Waals surface area contributed by atoms with Crippen LogP contribution in [0.1, 0.15) is 16.7 Å². The van der Waals surface area contributed by atoms with Crippen molar-refractivity contribution in [2.75, 3.05) is 0 Å². The lowest BCUT2D eigenvalue weighted by Gasteiger charge is -2.19. The minimum atomic E-state index is -4.62. The largest absolute Gasteiger partial charge is 0.416 e. The number of nitrogens with zero attached hydrogens (tertiary/aromatic N) is 4. The highest BCUT2D eigenvalue weighted by molar-refractivity contribution is 6.12. The first kappa shape index (κ1) is 38.3. The van der Waals surface area contributed by atoms with Crippen molar-refractivity contribution in [1.82, 2.24) is 9.13 Å². The highest BCUT2D eigenvalue weighted by Crippen LogP contribution is 2.43. The Hall–Kier alpha value is -8.65. The Morgan fingerprint density at radius 1 is 0.359 bits per heavy atom. The zero-order valence-corrected chi connectivity index (χ0v) is 34.0. The summed E-state index contributed by atoms with van der Waals surface area (Å²) in [6.07, 6.45) is -4.62. The summed E-state index contributed by atoms with van der Waals surface area (Å²) < 4.78 is 46.1. The Kier molecular flexibility index (Phi) is 9.01. The van der Waals surface area contributed by atoms with E-state index in [-0.39, 0.29) is 5.56 Å². The summed E-state index contributed by atoms with van der Waals surface area (Å²) in [7, 11) is 0. The lowest BCUT2D eigenvalue weighted by molar-refractivity contribution is -0.137. The summed E-state index contributed by atoms with van der Waals surface area (Å²) in [5, 5.41) is 25.3. The van der Waals surface area contributed by atoms with Crippen LogP contribution in [0.25, 0.3) is 99.5 Å². The molecule has 4 nitrogen and oxygen atoms in total. The molecule has 9 aromatic carbocycles. The van der Waals surface area contributed by atoms with Gasteiger partial charge in [-0.15, -0.1) is 0 Å². The Morgan fingerprint density at radius 3 is 1.48 bits per heavy atom. The molecule has 0 unspecified atom stereocenters. The number of fused-ring (bicyclic) bond motifs is 6. The topological polar surface area (TPSA) is 57.4 Å². The summed E-state index contributed by atoms with van der Waals surface area (Å²) in [6, 6.07) is 69.1. The summed E-state index contributed by atoms with van der Waals surface area (Å²) in [5.41, 5.74) is 11.4. The number of benzene rings is 9. The molecule has 11 aromatic rings. The van der Waals surface area contributed by atoms with Gasteiger partial charge in [0.05, 0.1) is 56.6 Å². The third kappa shape index (κ3) is 6.30. The molecule has 0 aliphatic carbocycles. The molecule has 0 radical (unpaired) electrons. The van der Waals surface area contributed by atoms with Crippen LogP contribution in [0.2, 0.25) is 0 Å². The van der Waals surface area contributed by atoms with Gasteiger partial charge < -0.3 is 9.13 Å². The van der Waals surface area contributed by atoms with Crippen LogP contribution in [0.4, 0.5) is 13.2 Å². The Morgan fingerprint density at radius 2 is 0.891 bits per heavy atom. The predicted molar refractivity (Wildman–Crippen MR) is 251 cm³/mol. The van der Waals surface area contributed by atoms with Gasteiger partial charge >= 0.3 is 6.18 Å². The minimum Gasteiger partial charge on any atom is -0.309 e. The Labute approximate surface area is 366 Å². The number of halogens is 3. The zero-order chi connectivity index (χ0) is 43.5. The lowest BCUT2D eigenvalue weighted by atomic mass is 9.91. The SMILES string of the molecule is N#Cc1cc(C(F)(F)F)ccc1-c1ccc(-n2c3ccccc3c3cc(-c4ccccc4)ccc32)c(-c2cc(-n3c4ccccc4c4cc(-c5ccccc5)ccc43)ccc2C#N)c1. The first-order valence-corrected chi connectivity index (χ1v) is 20.8. The molecule has 0 saturated heterocycles. The average molecular weight is 831 g/mol. The molecule has 11 rings (SSSR count). The minimum absolute atomic E-state index is 0.103. The van der Waals surface area contributed by atoms with E-state index in [1.807, 2.05) is 103 Å². The molecular formula is C57H33F3N4. The molecule has 0 aliphatic heterocycles. The number of hydrogen-bond acceptors (Lipinski definition) is 2. The third-order valence-corrected chi connectivity index (χ3v) is 12.2. The highest BCUT2D eigenvalue weighted by Gasteiger charge is 2.31. The monoisotopic (exact) mass is 830 g/mol. The molecule has 7 heteroatoms. The van der Waals surface area contributed by atoms with Gasteiger partial charge in [0, 0.05) is 38.4 Å². The van der Waals surface area contributed by atoms with Gasteiger partial charge in [-0.3, -0.25) is 0 Å². The number of aromatic nitrogens is 2. The van der Waals surface area contributed by atoms with Crippen molar-refractivity contribution in [3.63, 3.8) is 0 Å². The molecule has 0 N–H and O–H groups in total. The maximum Gasteiger partial charge on any atom is 0.416 e. The number of nitriles is 2. The van der Waals surface area contributed by atoms with Gasteiger partial charge in [0.25, 0.3) is 0 Å². The molecule has 0 aliphatic rings. The molecule has 0 fully saturated rings. The maximum absolute atomic E-state index is 13.9. The number of hydrogen-bond donors (Lipinski definition) is 0. The smallest absolute Gasteiger partial charge is 0.309 e. The van der Waals surface area contributed by atoms with Crippen LogP contribution in [0.15, 0.2) is 200 Å². The van der Waals surface area contributed by atoms with Crippen LogP contribution in [0.3, 0.4) is 0 Å². The van der Waals surface area contributed by atoms with Gasteiger partial charge in [-0.1, -0.05) is 121 Å². The fourth-order valence-electron chi connectivity index (χ4n) is 9.27. The molecule has 0 atom stereocenters. The first-order valence-electron chi connectivity index (χ1n) is 20.8. The molecule has 0 bridgehead atoms. The van der Waals surface area contributed by atoms with Crippen molar-refractivity contribution in [3.05, 3.63) is 217 Å². The van der Waals surface area contributed by atoms with Crippen LogP contribution >= 0.6 is 0 Å². The second-order valence-corrected chi connectivity index (χ2v) is 15.8. The quantitative estimate of drug-likeness (QED) is 0.168. The van der Waals surface area contributed by atoms with E-state index in [1.165, 1.54) is 6.07 Å². The van der Waals surface area contributed by atoms with E-state index >= 15 is 0 Å². The molecule has 2 aromatic heterocycles. The summed E-state index contributed by atoms with van der Waals surface area (Å²) in [6.45, 7) is 0. The van der Waals surface area contributed by atoms with Crippen molar-refractivity contribution in [1.29, 1.82) is 10.5 Å². The standard InChI is InChI=1S/C57H33F3N4/c58-57(59,60)43-23-25-45(42(29-43)35-62)40-22-28-56(64-53-18-10-8-16-47(53)50-31-39(21-27-55(50)64)37-13-5-2-6-14-37)51(32-40)48-33-44(24-19-41(48)34-61)63-52-17-9-7-15-46(52)49-30-38(20-26-54(49)63)36-11-3-1-4-12-36/h1-33H. The number of para-hydroxylation sites is 2. The first-order chi connectivity index (χ1) is 31.3. The van der Waals surface area contributed by atoms with Crippen molar-refractivity contribution >= 4 is 43.6 Å². The van der Waals surface area contributed by atoms with Crippen LogP contribution < -0.4 is 0 Å². The Balaban J connectivity index is 1.18. The van der Waals surface area contributed by atoms with Crippen molar-refractivity contribution in [2.45, 2.75) is 6.18 Å². The maximum atomic E-state index is 13.9. The van der Waals surface area contributed by atoms with Crippen LogP contribution in [0.5, 0.6) is 0 Å². The fourth-order valence-corrected chi connectivity index (χ4v) is 9.27. The van der Waals surface area contributed by atoms with Gasteiger partial charge in [0.2, 0.25) is 0 Å². The molecule has 0 spiro atoms. The fraction of sp³-hybridized carbons (Fsp3) is 0.0175. The van der Waals surface area contributed by atoms with Gasteiger partial charge in [0.1, 0.15) is 0 Å². The van der Waals surface area contributed by atoms with Gasteiger partial charge in [-0.2, -0.15) is 23.7 Å². The summed E-state index contributed by atoms with van der Waals surface area (Å²) in [5.74, 6) is 0. The van der Waals surface area contributed by atoms with E-state index in [4.69, 9.17) is 0 Å². The zero-order valence-electron chi connectivity index (χ0n) is 34.0. The van der Waals surface area contributed by atoms with Crippen molar-refractivity contribution in [3.8, 4) is 68.0 Å². The normalized spacial score (nSPS) is 11.6. The van der Waals surface area contributed by atoms with Gasteiger partial charge in [0.15, 0.2) is 0 Å². The van der Waals surface area contributed by atoms with Crippen LogP contribution in [-0.4, -0.2) is 9.13 Å².